The van der Waals surface area contributed by atoms with E-state index < -0.39 is 5.97 Å². The van der Waals surface area contributed by atoms with Gasteiger partial charge >= 0.3 is 5.97 Å². The van der Waals surface area contributed by atoms with Gasteiger partial charge < -0.3 is 19.3 Å². The number of benzene rings is 2. The minimum Gasteiger partial charge on any atom is -0.489 e. The molecule has 0 aliphatic rings. The molecule has 1 aromatic heterocycles. The number of carbonyl (C=O) groups is 2. The Balaban J connectivity index is 1.46. The lowest BCUT2D eigenvalue weighted by atomic mass is 10.0. The molecule has 7 heteroatoms. The molecule has 0 unspecified atom stereocenters. The number of amides is 1. The Kier molecular flexibility index (Phi) is 7.43. The number of hydrogen-bond donors (Lipinski definition) is 1. The van der Waals surface area contributed by atoms with Gasteiger partial charge in [-0.05, 0) is 43.5 Å². The molecule has 1 amide bonds. The second kappa shape index (κ2) is 10.4. The van der Waals surface area contributed by atoms with Crippen LogP contribution in [0.5, 0.6) is 5.75 Å². The summed E-state index contributed by atoms with van der Waals surface area (Å²) in [5.74, 6) is 0.430. The van der Waals surface area contributed by atoms with Crippen LogP contribution in [0.25, 0.3) is 0 Å². The molecule has 1 atom stereocenters. The van der Waals surface area contributed by atoms with Gasteiger partial charge in [0.1, 0.15) is 18.1 Å². The minimum atomic E-state index is -0.589. The van der Waals surface area contributed by atoms with Crippen molar-refractivity contribution in [2.45, 2.75) is 33.3 Å². The zero-order chi connectivity index (χ0) is 22.2. The highest BCUT2D eigenvalue weighted by Gasteiger charge is 2.14. The molecule has 0 spiro atoms. The first kappa shape index (κ1) is 22.1. The molecule has 1 N–H and O–H groups in total. The molecule has 0 bridgehead atoms. The molecule has 3 rings (SSSR count). The number of rotatable bonds is 9. The zero-order valence-electron chi connectivity index (χ0n) is 17.9. The van der Waals surface area contributed by atoms with Gasteiger partial charge in [-0.2, -0.15) is 0 Å². The molecule has 0 fully saturated rings. The van der Waals surface area contributed by atoms with Crippen LogP contribution in [0.3, 0.4) is 0 Å². The highest BCUT2D eigenvalue weighted by atomic mass is 16.5. The molecule has 7 nitrogen and oxygen atoms in total. The molecule has 0 saturated heterocycles. The van der Waals surface area contributed by atoms with Crippen LogP contribution in [0, 0.1) is 13.8 Å². The van der Waals surface area contributed by atoms with Gasteiger partial charge in [0.2, 0.25) is 0 Å². The molecular formula is C24H26N2O5. The second-order valence-electron chi connectivity index (χ2n) is 7.31. The van der Waals surface area contributed by atoms with Crippen LogP contribution < -0.4 is 10.1 Å². The third-order valence-electron chi connectivity index (χ3n) is 4.94. The van der Waals surface area contributed by atoms with Crippen molar-refractivity contribution in [3.63, 3.8) is 0 Å². The van der Waals surface area contributed by atoms with E-state index in [0.29, 0.717) is 23.6 Å². The van der Waals surface area contributed by atoms with Gasteiger partial charge in [0.05, 0.1) is 16.8 Å². The summed E-state index contributed by atoms with van der Waals surface area (Å²) >= 11 is 0. The van der Waals surface area contributed by atoms with Crippen LogP contribution in [0.2, 0.25) is 0 Å². The van der Waals surface area contributed by atoms with E-state index in [-0.39, 0.29) is 25.0 Å². The molecule has 162 valence electrons. The Morgan fingerprint density at radius 3 is 2.58 bits per heavy atom. The predicted molar refractivity (Wildman–Crippen MR) is 115 cm³/mol. The fourth-order valence-corrected chi connectivity index (χ4v) is 3.01. The van der Waals surface area contributed by atoms with Crippen LogP contribution in [0.4, 0.5) is 0 Å². The first-order valence-corrected chi connectivity index (χ1v) is 10.1. The Bertz CT molecular complexity index is 1010. The number of esters is 1. The molecule has 31 heavy (non-hydrogen) atoms. The maximum atomic E-state index is 12.3. The van der Waals surface area contributed by atoms with Crippen molar-refractivity contribution in [3.05, 3.63) is 82.7 Å². The van der Waals surface area contributed by atoms with E-state index in [9.17, 15) is 9.59 Å². The Morgan fingerprint density at radius 1 is 1.10 bits per heavy atom. The molecule has 2 aromatic carbocycles. The SMILES string of the molecule is Cc1noc(C)c1COc1cccc(C(=O)OCC(=O)NC[C@H](C)c2ccccc2)c1. The number of aromatic nitrogens is 1. The number of aryl methyl sites for hydroxylation is 2. The first-order valence-electron chi connectivity index (χ1n) is 10.1. The van der Waals surface area contributed by atoms with Gasteiger partial charge in [-0.3, -0.25) is 4.79 Å². The third-order valence-corrected chi connectivity index (χ3v) is 4.94. The molecule has 0 saturated carbocycles. The third kappa shape index (κ3) is 6.18. The van der Waals surface area contributed by atoms with Crippen LogP contribution in [0.15, 0.2) is 59.1 Å². The minimum absolute atomic E-state index is 0.160. The summed E-state index contributed by atoms with van der Waals surface area (Å²) in [6.45, 7) is 6.08. The molecular weight excluding hydrogens is 396 g/mol. The monoisotopic (exact) mass is 422 g/mol. The van der Waals surface area contributed by atoms with Gasteiger partial charge in [0, 0.05) is 6.54 Å². The van der Waals surface area contributed by atoms with Crippen molar-refractivity contribution in [1.29, 1.82) is 0 Å². The fourth-order valence-electron chi connectivity index (χ4n) is 3.01. The topological polar surface area (TPSA) is 90.7 Å². The Morgan fingerprint density at radius 2 is 1.87 bits per heavy atom. The van der Waals surface area contributed by atoms with Crippen molar-refractivity contribution >= 4 is 11.9 Å². The largest absolute Gasteiger partial charge is 0.489 e. The summed E-state index contributed by atoms with van der Waals surface area (Å²) in [5, 5.41) is 6.68. The lowest BCUT2D eigenvalue weighted by Crippen LogP contribution is -2.31. The molecule has 0 aliphatic carbocycles. The van der Waals surface area contributed by atoms with Gasteiger partial charge in [-0.15, -0.1) is 0 Å². The van der Waals surface area contributed by atoms with Crippen LogP contribution in [-0.4, -0.2) is 30.2 Å². The van der Waals surface area contributed by atoms with Crippen molar-refractivity contribution in [2.75, 3.05) is 13.2 Å². The van der Waals surface area contributed by atoms with Gasteiger partial charge in [-0.25, -0.2) is 4.79 Å². The van der Waals surface area contributed by atoms with E-state index >= 15 is 0 Å². The average molecular weight is 422 g/mol. The number of hydrogen-bond acceptors (Lipinski definition) is 6. The maximum absolute atomic E-state index is 12.3. The van der Waals surface area contributed by atoms with E-state index in [2.05, 4.69) is 10.5 Å². The van der Waals surface area contributed by atoms with E-state index in [4.69, 9.17) is 14.0 Å². The van der Waals surface area contributed by atoms with Crippen LogP contribution in [-0.2, 0) is 16.1 Å². The summed E-state index contributed by atoms with van der Waals surface area (Å²) in [5.41, 5.74) is 3.07. The number of nitrogens with zero attached hydrogens (tertiary/aromatic N) is 1. The van der Waals surface area contributed by atoms with Crippen molar-refractivity contribution in [1.82, 2.24) is 10.5 Å². The van der Waals surface area contributed by atoms with Gasteiger partial charge in [0.25, 0.3) is 5.91 Å². The van der Waals surface area contributed by atoms with Crippen LogP contribution >= 0.6 is 0 Å². The lowest BCUT2D eigenvalue weighted by Gasteiger charge is -2.13. The van der Waals surface area contributed by atoms with Crippen LogP contribution in [0.1, 0.15) is 45.8 Å². The summed E-state index contributed by atoms with van der Waals surface area (Å²) < 4.78 is 16.0. The van der Waals surface area contributed by atoms with E-state index in [1.165, 1.54) is 0 Å². The van der Waals surface area contributed by atoms with Gasteiger partial charge in [0.15, 0.2) is 6.61 Å². The zero-order valence-corrected chi connectivity index (χ0v) is 17.9. The summed E-state index contributed by atoms with van der Waals surface area (Å²) in [4.78, 5) is 24.4. The molecule has 0 radical (unpaired) electrons. The Hall–Kier alpha value is -3.61. The maximum Gasteiger partial charge on any atom is 0.338 e. The number of carbonyl (C=O) groups excluding carboxylic acids is 2. The van der Waals surface area contributed by atoms with E-state index in [0.717, 1.165) is 16.8 Å². The summed E-state index contributed by atoms with van der Waals surface area (Å²) in [7, 11) is 0. The predicted octanol–water partition coefficient (Wildman–Crippen LogP) is 3.95. The quantitative estimate of drug-likeness (QED) is 0.525. The van der Waals surface area contributed by atoms with Crippen molar-refractivity contribution < 1.29 is 23.6 Å². The first-order chi connectivity index (χ1) is 14.9. The average Bonchev–Trinajstić information content (AvgIpc) is 3.12. The summed E-state index contributed by atoms with van der Waals surface area (Å²) in [6, 6.07) is 16.5. The second-order valence-corrected chi connectivity index (χ2v) is 7.31. The lowest BCUT2D eigenvalue weighted by molar-refractivity contribution is -0.124. The van der Waals surface area contributed by atoms with E-state index in [1.54, 1.807) is 24.3 Å². The smallest absolute Gasteiger partial charge is 0.338 e. The van der Waals surface area contributed by atoms with E-state index in [1.807, 2.05) is 51.1 Å². The highest BCUT2D eigenvalue weighted by Crippen LogP contribution is 2.19. The van der Waals surface area contributed by atoms with Crippen molar-refractivity contribution in [3.8, 4) is 5.75 Å². The molecule has 3 aromatic rings. The summed E-state index contributed by atoms with van der Waals surface area (Å²) in [6.07, 6.45) is 0. The van der Waals surface area contributed by atoms with Gasteiger partial charge in [-0.1, -0.05) is 48.5 Å². The fraction of sp³-hybridized carbons (Fsp3) is 0.292. The number of ether oxygens (including phenoxy) is 2. The number of nitrogens with one attached hydrogen (secondary N) is 1. The molecule has 0 aliphatic heterocycles. The normalized spacial score (nSPS) is 11.6. The van der Waals surface area contributed by atoms with Crippen molar-refractivity contribution in [2.24, 2.45) is 0 Å². The molecule has 1 heterocycles. The Labute approximate surface area is 181 Å². The highest BCUT2D eigenvalue weighted by molar-refractivity contribution is 5.91. The standard InChI is InChI=1S/C24H26N2O5/c1-16(19-8-5-4-6-9-19)13-25-23(27)15-30-24(28)20-10-7-11-21(12-20)29-14-22-17(2)26-31-18(22)3/h4-12,16H,13-15H2,1-3H3,(H,25,27)/t16-/m0/s1.